The van der Waals surface area contributed by atoms with Crippen molar-refractivity contribution in [2.75, 3.05) is 7.11 Å². The number of nitrogens with zero attached hydrogens (tertiary/aromatic N) is 3. The summed E-state index contributed by atoms with van der Waals surface area (Å²) in [6, 6.07) is 13.0. The fraction of sp³-hybridized carbons (Fsp3) is 0.185. The number of amides is 1. The van der Waals surface area contributed by atoms with Crippen molar-refractivity contribution in [2.24, 2.45) is 0 Å². The fourth-order valence-corrected chi connectivity index (χ4v) is 5.19. The molecule has 4 aromatic rings. The minimum absolute atomic E-state index is 0.0958. The van der Waals surface area contributed by atoms with E-state index >= 15 is 0 Å². The van der Waals surface area contributed by atoms with E-state index in [-0.39, 0.29) is 27.4 Å². The summed E-state index contributed by atoms with van der Waals surface area (Å²) < 4.78 is 39.2. The van der Waals surface area contributed by atoms with Crippen molar-refractivity contribution in [2.45, 2.75) is 32.7 Å². The van der Waals surface area contributed by atoms with Crippen molar-refractivity contribution in [3.63, 3.8) is 0 Å². The number of ether oxygens (including phenoxy) is 2. The summed E-state index contributed by atoms with van der Waals surface area (Å²) in [6.07, 6.45) is 1.51. The molecule has 3 aromatic heterocycles. The molecule has 0 spiro atoms. The summed E-state index contributed by atoms with van der Waals surface area (Å²) in [5.41, 5.74) is 3.94. The molecule has 0 atom stereocenters. The standard InChI is InChI=1S/C27H25ClN4O5S/c1-15-13-16(2)24(17(3)14-15)37-26-20(25(33)32-38(34,35)22-8-6-7-18(4)30-22)9-10-21(31-26)19-11-12-29-27(36-5)23(19)28/h6-14H,1-5H3,(H,32,33). The quantitative estimate of drug-likeness (QED) is 0.326. The van der Waals surface area contributed by atoms with Crippen LogP contribution < -0.4 is 14.2 Å². The molecule has 1 N–H and O–H groups in total. The molecule has 196 valence electrons. The van der Waals surface area contributed by atoms with Crippen LogP contribution in [0, 0.1) is 27.7 Å². The van der Waals surface area contributed by atoms with Gasteiger partial charge in [0.05, 0.1) is 12.8 Å². The summed E-state index contributed by atoms with van der Waals surface area (Å²) >= 11 is 6.46. The second-order valence-electron chi connectivity index (χ2n) is 8.61. The summed E-state index contributed by atoms with van der Waals surface area (Å²) in [6.45, 7) is 7.36. The van der Waals surface area contributed by atoms with E-state index in [1.807, 2.05) is 32.9 Å². The number of hydrogen-bond acceptors (Lipinski definition) is 8. The van der Waals surface area contributed by atoms with Gasteiger partial charge in [-0.25, -0.2) is 19.7 Å². The van der Waals surface area contributed by atoms with Crippen LogP contribution in [-0.2, 0) is 10.0 Å². The molecule has 0 unspecified atom stereocenters. The number of carbonyl (C=O) groups is 1. The molecule has 0 saturated heterocycles. The van der Waals surface area contributed by atoms with Crippen molar-refractivity contribution >= 4 is 27.5 Å². The monoisotopic (exact) mass is 552 g/mol. The predicted molar refractivity (Wildman–Crippen MR) is 143 cm³/mol. The summed E-state index contributed by atoms with van der Waals surface area (Å²) in [4.78, 5) is 25.9. The molecule has 1 amide bonds. The van der Waals surface area contributed by atoms with Crippen LogP contribution in [0.5, 0.6) is 17.5 Å². The number of halogens is 1. The average molecular weight is 553 g/mol. The van der Waals surface area contributed by atoms with Crippen molar-refractivity contribution < 1.29 is 22.7 Å². The number of aromatic nitrogens is 3. The third-order valence-electron chi connectivity index (χ3n) is 5.60. The van der Waals surface area contributed by atoms with Crippen molar-refractivity contribution in [3.8, 4) is 28.8 Å². The smallest absolute Gasteiger partial charge is 0.281 e. The lowest BCUT2D eigenvalue weighted by molar-refractivity contribution is 0.0978. The Morgan fingerprint density at radius 3 is 2.32 bits per heavy atom. The number of carbonyl (C=O) groups excluding carboxylic acids is 1. The SMILES string of the molecule is COc1nccc(-c2ccc(C(=O)NS(=O)(=O)c3cccc(C)n3)c(Oc3c(C)cc(C)cc3C)n2)c1Cl. The maximum Gasteiger partial charge on any atom is 0.281 e. The Kier molecular flexibility index (Phi) is 7.66. The van der Waals surface area contributed by atoms with E-state index < -0.39 is 15.9 Å². The average Bonchev–Trinajstić information content (AvgIpc) is 2.86. The maximum atomic E-state index is 13.3. The molecule has 9 nitrogen and oxygen atoms in total. The highest BCUT2D eigenvalue weighted by Gasteiger charge is 2.25. The molecule has 3 heterocycles. The second kappa shape index (κ2) is 10.8. The highest BCUT2D eigenvalue weighted by Crippen LogP contribution is 2.36. The first-order chi connectivity index (χ1) is 18.0. The van der Waals surface area contributed by atoms with Crippen LogP contribution in [0.1, 0.15) is 32.7 Å². The number of pyridine rings is 3. The molecule has 0 radical (unpaired) electrons. The lowest BCUT2D eigenvalue weighted by atomic mass is 10.1. The Hall–Kier alpha value is -4.02. The van der Waals surface area contributed by atoms with Crippen LogP contribution in [-0.4, -0.2) is 36.4 Å². The van der Waals surface area contributed by atoms with E-state index in [9.17, 15) is 13.2 Å². The summed E-state index contributed by atoms with van der Waals surface area (Å²) in [5.74, 6) is -0.328. The molecule has 0 aliphatic carbocycles. The van der Waals surface area contributed by atoms with Crippen LogP contribution in [0.4, 0.5) is 0 Å². The molecule has 11 heteroatoms. The molecule has 0 bridgehead atoms. The van der Waals surface area contributed by atoms with Crippen molar-refractivity contribution in [1.82, 2.24) is 19.7 Å². The van der Waals surface area contributed by atoms with Crippen molar-refractivity contribution in [3.05, 3.63) is 87.7 Å². The maximum absolute atomic E-state index is 13.3. The van der Waals surface area contributed by atoms with E-state index in [2.05, 4.69) is 19.7 Å². The van der Waals surface area contributed by atoms with Gasteiger partial charge in [-0.05, 0) is 69.2 Å². The van der Waals surface area contributed by atoms with Gasteiger partial charge in [0, 0.05) is 17.5 Å². The number of aryl methyl sites for hydroxylation is 4. The Balaban J connectivity index is 1.81. The van der Waals surface area contributed by atoms with Crippen molar-refractivity contribution in [1.29, 1.82) is 0 Å². The fourth-order valence-electron chi connectivity index (χ4n) is 3.93. The number of hydrogen-bond donors (Lipinski definition) is 1. The number of methoxy groups -OCH3 is 1. The van der Waals surface area contributed by atoms with Gasteiger partial charge in [0.25, 0.3) is 15.9 Å². The minimum atomic E-state index is -4.26. The van der Waals surface area contributed by atoms with Gasteiger partial charge < -0.3 is 9.47 Å². The van der Waals surface area contributed by atoms with Gasteiger partial charge in [0.15, 0.2) is 5.03 Å². The van der Waals surface area contributed by atoms with E-state index in [1.165, 1.54) is 31.5 Å². The molecular formula is C27H25ClN4O5S. The Morgan fingerprint density at radius 2 is 1.66 bits per heavy atom. The second-order valence-corrected chi connectivity index (χ2v) is 10.6. The highest BCUT2D eigenvalue weighted by atomic mass is 35.5. The van der Waals surface area contributed by atoms with E-state index in [0.29, 0.717) is 22.7 Å². The zero-order chi connectivity index (χ0) is 27.6. The summed E-state index contributed by atoms with van der Waals surface area (Å²) in [5, 5.41) is -0.0553. The Morgan fingerprint density at radius 1 is 0.947 bits per heavy atom. The zero-order valence-corrected chi connectivity index (χ0v) is 22.9. The van der Waals surface area contributed by atoms with Gasteiger partial charge in [-0.15, -0.1) is 0 Å². The molecular weight excluding hydrogens is 528 g/mol. The zero-order valence-electron chi connectivity index (χ0n) is 21.4. The number of sulfonamides is 1. The Bertz CT molecular complexity index is 1630. The third kappa shape index (κ3) is 5.61. The van der Waals surface area contributed by atoms with Gasteiger partial charge in [-0.2, -0.15) is 8.42 Å². The lowest BCUT2D eigenvalue weighted by Crippen LogP contribution is -2.31. The topological polar surface area (TPSA) is 120 Å². The molecule has 0 fully saturated rings. The normalized spacial score (nSPS) is 11.2. The largest absolute Gasteiger partial charge is 0.480 e. The van der Waals surface area contributed by atoms with Crippen LogP contribution in [0.2, 0.25) is 5.02 Å². The third-order valence-corrected chi connectivity index (χ3v) is 7.20. The first-order valence-corrected chi connectivity index (χ1v) is 13.3. The van der Waals surface area contributed by atoms with E-state index in [4.69, 9.17) is 21.1 Å². The minimum Gasteiger partial charge on any atom is -0.480 e. The van der Waals surface area contributed by atoms with Gasteiger partial charge in [-0.3, -0.25) is 4.79 Å². The van der Waals surface area contributed by atoms with Crippen LogP contribution in [0.3, 0.4) is 0 Å². The Labute approximate surface area is 225 Å². The van der Waals surface area contributed by atoms with E-state index in [0.717, 1.165) is 16.7 Å². The highest BCUT2D eigenvalue weighted by molar-refractivity contribution is 7.90. The number of benzene rings is 1. The van der Waals surface area contributed by atoms with E-state index in [1.54, 1.807) is 25.1 Å². The molecule has 1 aromatic carbocycles. The predicted octanol–water partition coefficient (Wildman–Crippen LogP) is 5.35. The van der Waals surface area contributed by atoms with Gasteiger partial charge >= 0.3 is 0 Å². The number of nitrogens with one attached hydrogen (secondary N) is 1. The number of rotatable bonds is 7. The molecule has 0 aliphatic heterocycles. The van der Waals surface area contributed by atoms with Gasteiger partial charge in [0.2, 0.25) is 11.8 Å². The molecule has 0 saturated carbocycles. The van der Waals surface area contributed by atoms with Crippen LogP contribution in [0.15, 0.2) is 59.8 Å². The summed E-state index contributed by atoms with van der Waals surface area (Å²) in [7, 11) is -2.82. The first kappa shape index (κ1) is 27.0. The first-order valence-electron chi connectivity index (χ1n) is 11.5. The van der Waals surface area contributed by atoms with Crippen LogP contribution in [0.25, 0.3) is 11.3 Å². The van der Waals surface area contributed by atoms with Gasteiger partial charge in [0.1, 0.15) is 16.3 Å². The molecule has 0 aliphatic rings. The van der Waals surface area contributed by atoms with Crippen LogP contribution >= 0.6 is 11.6 Å². The lowest BCUT2D eigenvalue weighted by Gasteiger charge is -2.16. The van der Waals surface area contributed by atoms with Gasteiger partial charge in [-0.1, -0.05) is 35.4 Å². The molecule has 4 rings (SSSR count). The molecule has 38 heavy (non-hydrogen) atoms.